The fourth-order valence-corrected chi connectivity index (χ4v) is 4.91. The van der Waals surface area contributed by atoms with Gasteiger partial charge in [-0.25, -0.2) is 13.6 Å². The van der Waals surface area contributed by atoms with Crippen LogP contribution in [0.3, 0.4) is 0 Å². The number of imidazole rings is 1. The fraction of sp³-hybridized carbons (Fsp3) is 0.650. The van der Waals surface area contributed by atoms with Gasteiger partial charge in [-0.05, 0) is 45.4 Å². The second-order valence-corrected chi connectivity index (χ2v) is 8.23. The van der Waals surface area contributed by atoms with Gasteiger partial charge >= 0.3 is 5.69 Å². The molecule has 0 bridgehead atoms. The molecular formula is C20H28ClF2N3O2. The molecule has 0 atom stereocenters. The fourth-order valence-electron chi connectivity index (χ4n) is 4.91. The van der Waals surface area contributed by atoms with E-state index < -0.39 is 11.6 Å². The van der Waals surface area contributed by atoms with Gasteiger partial charge in [-0.1, -0.05) is 0 Å². The van der Waals surface area contributed by atoms with Crippen molar-refractivity contribution in [1.29, 1.82) is 0 Å². The Labute approximate surface area is 169 Å². The van der Waals surface area contributed by atoms with Crippen LogP contribution in [0, 0.1) is 11.6 Å². The van der Waals surface area contributed by atoms with Crippen LogP contribution in [0.25, 0.3) is 11.0 Å². The normalized spacial score (nSPS) is 27.1. The van der Waals surface area contributed by atoms with Gasteiger partial charge in [0.05, 0.1) is 17.1 Å². The lowest BCUT2D eigenvalue weighted by molar-refractivity contribution is -0.0146. The molecule has 8 heteroatoms. The largest absolute Gasteiger partial charge is 0.381 e. The van der Waals surface area contributed by atoms with E-state index in [2.05, 4.69) is 16.8 Å². The quantitative estimate of drug-likeness (QED) is 0.823. The van der Waals surface area contributed by atoms with Crippen molar-refractivity contribution in [3.05, 3.63) is 34.3 Å². The number of aromatic nitrogens is 2. The first-order valence-corrected chi connectivity index (χ1v) is 9.78. The molecule has 2 aliphatic rings. The highest BCUT2D eigenvalue weighted by Crippen LogP contribution is 2.37. The van der Waals surface area contributed by atoms with Gasteiger partial charge < -0.3 is 9.72 Å². The van der Waals surface area contributed by atoms with Crippen LogP contribution in [-0.4, -0.2) is 46.3 Å². The summed E-state index contributed by atoms with van der Waals surface area (Å²) in [6, 6.07) is 2.20. The first-order valence-electron chi connectivity index (χ1n) is 9.78. The summed E-state index contributed by atoms with van der Waals surface area (Å²) in [5.74, 6) is -1.86. The number of fused-ring (bicyclic) bond motifs is 1. The zero-order valence-corrected chi connectivity index (χ0v) is 17.2. The van der Waals surface area contributed by atoms with E-state index in [1.165, 1.54) is 0 Å². The van der Waals surface area contributed by atoms with Gasteiger partial charge in [0.1, 0.15) is 0 Å². The zero-order chi connectivity index (χ0) is 19.2. The number of likely N-dealkylation sites (tertiary alicyclic amines) is 1. The summed E-state index contributed by atoms with van der Waals surface area (Å²) in [5.41, 5.74) is 0.691. The number of methoxy groups -OCH3 is 1. The number of benzene rings is 1. The molecule has 4 rings (SSSR count). The van der Waals surface area contributed by atoms with Gasteiger partial charge in [-0.3, -0.25) is 9.47 Å². The van der Waals surface area contributed by atoms with Crippen LogP contribution >= 0.6 is 12.4 Å². The second-order valence-electron chi connectivity index (χ2n) is 8.23. The molecule has 1 saturated carbocycles. The number of aromatic amines is 1. The highest BCUT2D eigenvalue weighted by atomic mass is 35.5. The van der Waals surface area contributed by atoms with Gasteiger partial charge in [-0.15, -0.1) is 12.4 Å². The summed E-state index contributed by atoms with van der Waals surface area (Å²) in [5, 5.41) is 0. The van der Waals surface area contributed by atoms with Crippen LogP contribution in [0.15, 0.2) is 16.9 Å². The Kier molecular flexibility index (Phi) is 6.17. The number of piperidine rings is 1. The number of H-pyrrole nitrogens is 1. The molecule has 0 radical (unpaired) electrons. The van der Waals surface area contributed by atoms with E-state index >= 15 is 0 Å². The van der Waals surface area contributed by atoms with Gasteiger partial charge in [-0.2, -0.15) is 0 Å². The standard InChI is InChI=1S/C20H27F2N3O2.ClH/c1-20(7-3-14(27-2)4-8-20)24-9-5-13(6-10-24)25-18-12-16(22)15(21)11-17(18)23-19(25)26;/h11-14H,3-10H2,1-2H3,(H,23,26);1H/t14-,20-;. The number of ether oxygens (including phenoxy) is 1. The van der Waals surface area contributed by atoms with Gasteiger partial charge in [0.15, 0.2) is 11.6 Å². The van der Waals surface area contributed by atoms with E-state index in [9.17, 15) is 13.6 Å². The van der Waals surface area contributed by atoms with Crippen LogP contribution < -0.4 is 5.69 Å². The number of nitrogens with zero attached hydrogens (tertiary/aromatic N) is 2. The molecule has 1 saturated heterocycles. The molecule has 1 aliphatic carbocycles. The smallest absolute Gasteiger partial charge is 0.326 e. The third kappa shape index (κ3) is 3.72. The SMILES string of the molecule is CO[C@H]1CC[C@](C)(N2CCC(n3c(=O)[nH]c4cc(F)c(F)cc43)CC2)CC1.Cl. The van der Waals surface area contributed by atoms with Crippen molar-refractivity contribution in [3.8, 4) is 0 Å². The molecule has 1 aromatic carbocycles. The predicted octanol–water partition coefficient (Wildman–Crippen LogP) is 4.01. The van der Waals surface area contributed by atoms with E-state index in [-0.39, 0.29) is 29.7 Å². The molecule has 2 heterocycles. The van der Waals surface area contributed by atoms with Crippen LogP contribution in [-0.2, 0) is 4.74 Å². The first kappa shape index (κ1) is 21.3. The van der Waals surface area contributed by atoms with E-state index in [1.807, 2.05) is 0 Å². The lowest BCUT2D eigenvalue weighted by atomic mass is 9.79. The lowest BCUT2D eigenvalue weighted by Gasteiger charge is -2.48. The molecule has 28 heavy (non-hydrogen) atoms. The van der Waals surface area contributed by atoms with E-state index in [4.69, 9.17) is 4.74 Å². The molecule has 0 amide bonds. The van der Waals surface area contributed by atoms with E-state index in [0.717, 1.165) is 63.7 Å². The second kappa shape index (κ2) is 8.13. The number of nitrogens with one attached hydrogen (secondary N) is 1. The maximum absolute atomic E-state index is 13.7. The molecule has 2 aromatic rings. The Bertz CT molecular complexity index is 881. The summed E-state index contributed by atoms with van der Waals surface area (Å²) >= 11 is 0. The molecule has 1 aromatic heterocycles. The molecule has 5 nitrogen and oxygen atoms in total. The Morgan fingerprint density at radius 2 is 1.71 bits per heavy atom. The van der Waals surface area contributed by atoms with Gasteiger partial charge in [0, 0.05) is 43.9 Å². The molecule has 1 N–H and O–H groups in total. The minimum atomic E-state index is -0.940. The van der Waals surface area contributed by atoms with Crippen molar-refractivity contribution < 1.29 is 13.5 Å². The number of rotatable bonds is 3. The Morgan fingerprint density at radius 3 is 2.32 bits per heavy atom. The zero-order valence-electron chi connectivity index (χ0n) is 16.3. The number of hydrogen-bond donors (Lipinski definition) is 1. The van der Waals surface area contributed by atoms with Crippen molar-refractivity contribution in [3.63, 3.8) is 0 Å². The summed E-state index contributed by atoms with van der Waals surface area (Å²) in [6.07, 6.45) is 6.43. The predicted molar refractivity (Wildman–Crippen MR) is 107 cm³/mol. The van der Waals surface area contributed by atoms with Crippen LogP contribution in [0.5, 0.6) is 0 Å². The van der Waals surface area contributed by atoms with Gasteiger partial charge in [0.25, 0.3) is 0 Å². The molecular weight excluding hydrogens is 388 g/mol. The highest BCUT2D eigenvalue weighted by Gasteiger charge is 2.38. The summed E-state index contributed by atoms with van der Waals surface area (Å²) in [4.78, 5) is 17.6. The molecule has 1 aliphatic heterocycles. The van der Waals surface area contributed by atoms with Crippen molar-refractivity contribution in [2.24, 2.45) is 0 Å². The lowest BCUT2D eigenvalue weighted by Crippen LogP contribution is -2.52. The summed E-state index contributed by atoms with van der Waals surface area (Å²) in [7, 11) is 1.78. The van der Waals surface area contributed by atoms with Crippen LogP contribution in [0.2, 0.25) is 0 Å². The minimum absolute atomic E-state index is 0. The third-order valence-electron chi connectivity index (χ3n) is 6.69. The topological polar surface area (TPSA) is 50.3 Å². The van der Waals surface area contributed by atoms with Crippen molar-refractivity contribution in [2.45, 2.75) is 63.1 Å². The maximum Gasteiger partial charge on any atom is 0.326 e. The Balaban J connectivity index is 0.00000225. The summed E-state index contributed by atoms with van der Waals surface area (Å²) < 4.78 is 34.3. The van der Waals surface area contributed by atoms with E-state index in [0.29, 0.717) is 17.1 Å². The maximum atomic E-state index is 13.7. The Hall–Kier alpha value is -1.44. The highest BCUT2D eigenvalue weighted by molar-refractivity contribution is 5.85. The average Bonchev–Trinajstić information content (AvgIpc) is 2.97. The van der Waals surface area contributed by atoms with Crippen LogP contribution in [0.1, 0.15) is 51.5 Å². The number of halogens is 3. The average molecular weight is 416 g/mol. The molecule has 2 fully saturated rings. The van der Waals surface area contributed by atoms with E-state index in [1.54, 1.807) is 11.7 Å². The monoisotopic (exact) mass is 415 g/mol. The van der Waals surface area contributed by atoms with Crippen molar-refractivity contribution in [1.82, 2.24) is 14.5 Å². The summed E-state index contributed by atoms with van der Waals surface area (Å²) in [6.45, 7) is 4.14. The van der Waals surface area contributed by atoms with Gasteiger partial charge in [0.2, 0.25) is 0 Å². The third-order valence-corrected chi connectivity index (χ3v) is 6.69. The minimum Gasteiger partial charge on any atom is -0.381 e. The van der Waals surface area contributed by atoms with Crippen molar-refractivity contribution in [2.75, 3.05) is 20.2 Å². The molecule has 0 spiro atoms. The molecule has 156 valence electrons. The number of hydrogen-bond acceptors (Lipinski definition) is 3. The van der Waals surface area contributed by atoms with Crippen molar-refractivity contribution >= 4 is 23.4 Å². The molecule has 0 unspecified atom stereocenters. The van der Waals surface area contributed by atoms with Crippen LogP contribution in [0.4, 0.5) is 8.78 Å². The first-order chi connectivity index (χ1) is 12.9. The Morgan fingerprint density at radius 1 is 1.11 bits per heavy atom.